The molecule has 1 heterocycles. The van der Waals surface area contributed by atoms with Gasteiger partial charge in [0.05, 0.1) is 4.88 Å². The van der Waals surface area contributed by atoms with E-state index in [1.54, 1.807) is 24.3 Å². The molecule has 0 amide bonds. The number of carbonyl (C=O) groups is 1. The topological polar surface area (TPSA) is 57.5 Å². The molecule has 3 nitrogen and oxygen atoms in total. The number of benzene rings is 2. The Morgan fingerprint density at radius 3 is 2.43 bits per heavy atom. The molecule has 2 aromatic carbocycles. The minimum absolute atomic E-state index is 0.0307. The lowest BCUT2D eigenvalue weighted by Gasteiger charge is -2.04. The second-order valence-corrected chi connectivity index (χ2v) is 6.62. The molecule has 0 saturated carbocycles. The first-order valence-corrected chi connectivity index (χ1v) is 8.50. The lowest BCUT2D eigenvalue weighted by Crippen LogP contribution is -2.02. The summed E-state index contributed by atoms with van der Waals surface area (Å²) in [5.41, 5.74) is 1.63. The molecule has 118 valence electrons. The molecule has 0 aliphatic heterocycles. The lowest BCUT2D eigenvalue weighted by atomic mass is 10.00. The molecule has 0 unspecified atom stereocenters. The van der Waals surface area contributed by atoms with E-state index in [1.807, 2.05) is 6.07 Å². The fourth-order valence-electron chi connectivity index (χ4n) is 2.67. The van der Waals surface area contributed by atoms with Gasteiger partial charge in [-0.1, -0.05) is 13.3 Å². The first-order valence-electron chi connectivity index (χ1n) is 7.68. The molecule has 0 fully saturated rings. The normalized spacial score (nSPS) is 11.0. The third kappa shape index (κ3) is 3.08. The van der Waals surface area contributed by atoms with E-state index in [1.165, 1.54) is 23.5 Å². The van der Waals surface area contributed by atoms with Crippen LogP contribution in [0.5, 0.6) is 11.5 Å². The maximum atomic E-state index is 12.9. The second kappa shape index (κ2) is 6.42. The summed E-state index contributed by atoms with van der Waals surface area (Å²) in [6.45, 7) is 2.13. The fourth-order valence-corrected chi connectivity index (χ4v) is 3.91. The summed E-state index contributed by atoms with van der Waals surface area (Å²) in [7, 11) is 0. The van der Waals surface area contributed by atoms with Gasteiger partial charge in [-0.25, -0.2) is 0 Å². The number of aromatic hydroxyl groups is 2. The van der Waals surface area contributed by atoms with Crippen LogP contribution in [0.4, 0.5) is 0 Å². The van der Waals surface area contributed by atoms with E-state index in [9.17, 15) is 15.0 Å². The molecule has 0 bridgehead atoms. The van der Waals surface area contributed by atoms with Gasteiger partial charge in [0.15, 0.2) is 0 Å². The Morgan fingerprint density at radius 2 is 1.74 bits per heavy atom. The van der Waals surface area contributed by atoms with Crippen LogP contribution in [0.1, 0.15) is 40.6 Å². The van der Waals surface area contributed by atoms with E-state index in [0.717, 1.165) is 39.8 Å². The number of thiophene rings is 1. The van der Waals surface area contributed by atoms with Crippen molar-refractivity contribution in [2.75, 3.05) is 0 Å². The Kier molecular flexibility index (Phi) is 4.35. The minimum atomic E-state index is -0.0307. The number of aryl methyl sites for hydroxylation is 1. The van der Waals surface area contributed by atoms with E-state index in [-0.39, 0.29) is 17.3 Å². The number of rotatable bonds is 5. The third-order valence-electron chi connectivity index (χ3n) is 3.89. The smallest absolute Gasteiger partial charge is 0.203 e. The van der Waals surface area contributed by atoms with Crippen LogP contribution in [0.25, 0.3) is 10.1 Å². The molecule has 3 rings (SSSR count). The van der Waals surface area contributed by atoms with Gasteiger partial charge in [-0.05, 0) is 66.3 Å². The molecule has 0 aliphatic rings. The van der Waals surface area contributed by atoms with Gasteiger partial charge >= 0.3 is 0 Å². The summed E-state index contributed by atoms with van der Waals surface area (Å²) in [5, 5.41) is 20.1. The average molecular weight is 326 g/mol. The van der Waals surface area contributed by atoms with E-state index in [4.69, 9.17) is 0 Å². The predicted molar refractivity (Wildman–Crippen MR) is 93.6 cm³/mol. The summed E-state index contributed by atoms with van der Waals surface area (Å²) in [6, 6.07) is 11.6. The van der Waals surface area contributed by atoms with Crippen molar-refractivity contribution in [3.8, 4) is 11.5 Å². The zero-order valence-corrected chi connectivity index (χ0v) is 13.7. The first kappa shape index (κ1) is 15.6. The summed E-state index contributed by atoms with van der Waals surface area (Å²) in [5.74, 6) is 0.329. The number of phenolic OH excluding ortho intramolecular Hbond substituents is 2. The summed E-state index contributed by atoms with van der Waals surface area (Å²) >= 11 is 1.42. The molecule has 0 aliphatic carbocycles. The van der Waals surface area contributed by atoms with Crippen LogP contribution in [0.3, 0.4) is 0 Å². The van der Waals surface area contributed by atoms with Crippen molar-refractivity contribution in [3.05, 3.63) is 58.5 Å². The highest BCUT2D eigenvalue weighted by atomic mass is 32.1. The molecule has 2 N–H and O–H groups in total. The van der Waals surface area contributed by atoms with Crippen molar-refractivity contribution < 1.29 is 15.0 Å². The van der Waals surface area contributed by atoms with Crippen LogP contribution in [0, 0.1) is 0 Å². The Balaban J connectivity index is 2.10. The maximum Gasteiger partial charge on any atom is 0.203 e. The summed E-state index contributed by atoms with van der Waals surface area (Å²) in [6.07, 6.45) is 2.92. The van der Waals surface area contributed by atoms with Crippen LogP contribution in [0.2, 0.25) is 0 Å². The first-order chi connectivity index (χ1) is 11.1. The summed E-state index contributed by atoms with van der Waals surface area (Å²) in [4.78, 5) is 13.6. The van der Waals surface area contributed by atoms with Crippen molar-refractivity contribution in [1.29, 1.82) is 0 Å². The highest BCUT2D eigenvalue weighted by molar-refractivity contribution is 7.21. The SMILES string of the molecule is CCCCc1c(C(=O)c2ccc(O)cc2)sc2cc(O)ccc12. The highest BCUT2D eigenvalue weighted by Gasteiger charge is 2.19. The molecule has 23 heavy (non-hydrogen) atoms. The predicted octanol–water partition coefficient (Wildman–Crippen LogP) is 4.89. The van der Waals surface area contributed by atoms with Gasteiger partial charge in [0.2, 0.25) is 5.78 Å². The number of fused-ring (bicyclic) bond motifs is 1. The van der Waals surface area contributed by atoms with Gasteiger partial charge in [0.25, 0.3) is 0 Å². The van der Waals surface area contributed by atoms with Gasteiger partial charge < -0.3 is 10.2 Å². The zero-order chi connectivity index (χ0) is 16.4. The minimum Gasteiger partial charge on any atom is -0.508 e. The van der Waals surface area contributed by atoms with Crippen molar-refractivity contribution in [2.45, 2.75) is 26.2 Å². The standard InChI is InChI=1S/C19H18O3S/c1-2-3-4-16-15-10-9-14(21)11-17(15)23-19(16)18(22)12-5-7-13(20)8-6-12/h5-11,20-21H,2-4H2,1H3. The van der Waals surface area contributed by atoms with Gasteiger partial charge in [0.1, 0.15) is 11.5 Å². The number of unbranched alkanes of at least 4 members (excludes halogenated alkanes) is 1. The van der Waals surface area contributed by atoms with Crippen LogP contribution in [-0.2, 0) is 6.42 Å². The number of carbonyl (C=O) groups excluding carboxylic acids is 1. The summed E-state index contributed by atoms with van der Waals surface area (Å²) < 4.78 is 0.929. The highest BCUT2D eigenvalue weighted by Crippen LogP contribution is 2.36. The van der Waals surface area contributed by atoms with Gasteiger partial charge in [-0.3, -0.25) is 4.79 Å². The van der Waals surface area contributed by atoms with E-state index in [2.05, 4.69) is 6.92 Å². The molecule has 4 heteroatoms. The van der Waals surface area contributed by atoms with Gasteiger partial charge in [-0.2, -0.15) is 0 Å². The Labute approximate surface area is 138 Å². The maximum absolute atomic E-state index is 12.9. The van der Waals surface area contributed by atoms with Crippen molar-refractivity contribution in [3.63, 3.8) is 0 Å². The molecular weight excluding hydrogens is 308 g/mol. The quantitative estimate of drug-likeness (QED) is 0.657. The fraction of sp³-hybridized carbons (Fsp3) is 0.211. The zero-order valence-electron chi connectivity index (χ0n) is 12.9. The monoisotopic (exact) mass is 326 g/mol. The Bertz CT molecular complexity index is 847. The van der Waals surface area contributed by atoms with Crippen LogP contribution >= 0.6 is 11.3 Å². The molecule has 0 radical (unpaired) electrons. The molecule has 0 saturated heterocycles. The van der Waals surface area contributed by atoms with Crippen molar-refractivity contribution in [2.24, 2.45) is 0 Å². The Hall–Kier alpha value is -2.33. The van der Waals surface area contributed by atoms with E-state index < -0.39 is 0 Å². The molecule has 1 aromatic heterocycles. The Morgan fingerprint density at radius 1 is 1.04 bits per heavy atom. The van der Waals surface area contributed by atoms with Crippen LogP contribution < -0.4 is 0 Å². The lowest BCUT2D eigenvalue weighted by molar-refractivity contribution is 0.104. The molecule has 3 aromatic rings. The molecule has 0 spiro atoms. The second-order valence-electron chi connectivity index (χ2n) is 5.57. The average Bonchev–Trinajstić information content (AvgIpc) is 2.90. The third-order valence-corrected chi connectivity index (χ3v) is 5.09. The van der Waals surface area contributed by atoms with Crippen LogP contribution in [0.15, 0.2) is 42.5 Å². The molecule has 0 atom stereocenters. The van der Waals surface area contributed by atoms with Gasteiger partial charge in [-0.15, -0.1) is 11.3 Å². The number of hydrogen-bond acceptors (Lipinski definition) is 4. The van der Waals surface area contributed by atoms with Crippen molar-refractivity contribution >= 4 is 27.2 Å². The number of ketones is 1. The number of hydrogen-bond donors (Lipinski definition) is 2. The van der Waals surface area contributed by atoms with Crippen molar-refractivity contribution in [1.82, 2.24) is 0 Å². The molecular formula is C19H18O3S. The van der Waals surface area contributed by atoms with E-state index in [0.29, 0.717) is 5.56 Å². The van der Waals surface area contributed by atoms with Gasteiger partial charge in [0, 0.05) is 10.3 Å². The van der Waals surface area contributed by atoms with E-state index >= 15 is 0 Å². The number of phenols is 2. The van der Waals surface area contributed by atoms with Crippen LogP contribution in [-0.4, -0.2) is 16.0 Å². The largest absolute Gasteiger partial charge is 0.508 e.